The van der Waals surface area contributed by atoms with Gasteiger partial charge >= 0.3 is 0 Å². The van der Waals surface area contributed by atoms with Crippen LogP contribution < -0.4 is 10.9 Å². The van der Waals surface area contributed by atoms with Crippen LogP contribution >= 0.6 is 11.8 Å². The Morgan fingerprint density at radius 3 is 2.49 bits per heavy atom. The monoisotopic (exact) mass is 539 g/mol. The second kappa shape index (κ2) is 12.0. The molecule has 1 aliphatic rings. The molecule has 0 saturated heterocycles. The lowest BCUT2D eigenvalue weighted by atomic mass is 9.95. The maximum absolute atomic E-state index is 13.7. The Kier molecular flexibility index (Phi) is 8.27. The van der Waals surface area contributed by atoms with Crippen molar-refractivity contribution < 1.29 is 9.59 Å². The summed E-state index contributed by atoms with van der Waals surface area (Å²) in [5, 5.41) is 4.05. The molecule has 5 rings (SSSR count). The van der Waals surface area contributed by atoms with Crippen molar-refractivity contribution in [3.63, 3.8) is 0 Å². The van der Waals surface area contributed by atoms with Gasteiger partial charge in [-0.1, -0.05) is 85.1 Å². The number of ketones is 1. The minimum Gasteiger partial charge on any atom is -0.349 e. The predicted molar refractivity (Wildman–Crippen MR) is 157 cm³/mol. The van der Waals surface area contributed by atoms with Crippen LogP contribution in [-0.2, 0) is 6.54 Å². The van der Waals surface area contributed by atoms with Gasteiger partial charge in [0.15, 0.2) is 10.9 Å². The Hall–Kier alpha value is -3.71. The van der Waals surface area contributed by atoms with Crippen LogP contribution in [0.3, 0.4) is 0 Å². The molecular formula is C32H33N3O3S. The topological polar surface area (TPSA) is 81.1 Å². The predicted octanol–water partition coefficient (Wildman–Crippen LogP) is 6.10. The lowest BCUT2D eigenvalue weighted by Crippen LogP contribution is -2.36. The van der Waals surface area contributed by atoms with Gasteiger partial charge in [0, 0.05) is 17.2 Å². The zero-order chi connectivity index (χ0) is 27.4. The van der Waals surface area contributed by atoms with Gasteiger partial charge in [0.05, 0.1) is 23.2 Å². The zero-order valence-corrected chi connectivity index (χ0v) is 23.2. The first kappa shape index (κ1) is 26.9. The third-order valence-electron chi connectivity index (χ3n) is 7.32. The molecule has 1 saturated carbocycles. The van der Waals surface area contributed by atoms with E-state index < -0.39 is 0 Å². The molecule has 1 heterocycles. The van der Waals surface area contributed by atoms with E-state index in [-0.39, 0.29) is 29.0 Å². The summed E-state index contributed by atoms with van der Waals surface area (Å²) in [5.74, 6) is -0.00426. The van der Waals surface area contributed by atoms with Crippen molar-refractivity contribution >= 4 is 34.4 Å². The van der Waals surface area contributed by atoms with E-state index in [2.05, 4.69) is 5.32 Å². The van der Waals surface area contributed by atoms with E-state index >= 15 is 0 Å². The fourth-order valence-corrected chi connectivity index (χ4v) is 6.09. The second-order valence-electron chi connectivity index (χ2n) is 10.3. The van der Waals surface area contributed by atoms with E-state index in [1.165, 1.54) is 18.2 Å². The molecule has 1 aliphatic carbocycles. The minimum atomic E-state index is -0.190. The fourth-order valence-electron chi connectivity index (χ4n) is 5.21. The molecule has 0 radical (unpaired) electrons. The van der Waals surface area contributed by atoms with Crippen LogP contribution in [0, 0.1) is 13.8 Å². The lowest BCUT2D eigenvalue weighted by Gasteiger charge is -2.22. The van der Waals surface area contributed by atoms with Gasteiger partial charge in [-0.15, -0.1) is 0 Å². The molecular weight excluding hydrogens is 506 g/mol. The normalized spacial score (nSPS) is 13.9. The number of hydrogen-bond acceptors (Lipinski definition) is 5. The van der Waals surface area contributed by atoms with Crippen molar-refractivity contribution in [2.75, 3.05) is 5.75 Å². The number of fused-ring (bicyclic) bond motifs is 1. The number of aromatic nitrogens is 2. The highest BCUT2D eigenvalue weighted by Crippen LogP contribution is 2.23. The largest absolute Gasteiger partial charge is 0.349 e. The van der Waals surface area contributed by atoms with Gasteiger partial charge in [0.25, 0.3) is 11.5 Å². The van der Waals surface area contributed by atoms with Crippen LogP contribution in [0.2, 0.25) is 0 Å². The molecule has 0 spiro atoms. The van der Waals surface area contributed by atoms with Crippen molar-refractivity contribution in [2.45, 2.75) is 63.7 Å². The maximum Gasteiger partial charge on any atom is 0.262 e. The Labute approximate surface area is 232 Å². The van der Waals surface area contributed by atoms with Gasteiger partial charge < -0.3 is 5.32 Å². The number of hydrogen-bond donors (Lipinski definition) is 1. The summed E-state index contributed by atoms with van der Waals surface area (Å²) >= 11 is 1.26. The molecule has 39 heavy (non-hydrogen) atoms. The average Bonchev–Trinajstić information content (AvgIpc) is 2.94. The Morgan fingerprint density at radius 2 is 1.74 bits per heavy atom. The van der Waals surface area contributed by atoms with E-state index in [1.807, 2.05) is 62.4 Å². The van der Waals surface area contributed by atoms with Crippen molar-refractivity contribution in [1.82, 2.24) is 14.9 Å². The number of aryl methyl sites for hydroxylation is 2. The van der Waals surface area contributed by atoms with Crippen molar-refractivity contribution in [3.05, 3.63) is 105 Å². The van der Waals surface area contributed by atoms with Crippen molar-refractivity contribution in [2.24, 2.45) is 0 Å². The molecule has 4 aromatic rings. The number of carbonyl (C=O) groups is 2. The number of carbonyl (C=O) groups excluding carboxylic acids is 2. The summed E-state index contributed by atoms with van der Waals surface area (Å²) in [4.78, 5) is 44.6. The third kappa shape index (κ3) is 6.31. The fraction of sp³-hybridized carbons (Fsp3) is 0.312. The SMILES string of the molecule is Cc1ccc(C(=O)CSc2nc3cc(C(=O)NC4CCCCC4)ccc3c(=O)n2Cc2ccccc2)c(C)c1. The molecule has 3 aromatic carbocycles. The minimum absolute atomic E-state index is 0.0151. The number of nitrogens with one attached hydrogen (secondary N) is 1. The van der Waals surface area contributed by atoms with E-state index in [0.717, 1.165) is 42.4 Å². The van der Waals surface area contributed by atoms with Crippen LogP contribution in [0.1, 0.15) is 69.5 Å². The number of nitrogens with zero attached hydrogens (tertiary/aromatic N) is 2. The van der Waals surface area contributed by atoms with Crippen LogP contribution in [-0.4, -0.2) is 33.0 Å². The maximum atomic E-state index is 13.7. The Bertz CT molecular complexity index is 1570. The molecule has 1 aromatic heterocycles. The first-order chi connectivity index (χ1) is 18.9. The van der Waals surface area contributed by atoms with Gasteiger partial charge in [-0.2, -0.15) is 0 Å². The van der Waals surface area contributed by atoms with E-state index in [0.29, 0.717) is 33.7 Å². The van der Waals surface area contributed by atoms with E-state index in [4.69, 9.17) is 4.98 Å². The molecule has 1 fully saturated rings. The summed E-state index contributed by atoms with van der Waals surface area (Å²) in [6.45, 7) is 4.28. The molecule has 0 aliphatic heterocycles. The zero-order valence-electron chi connectivity index (χ0n) is 22.4. The summed E-state index contributed by atoms with van der Waals surface area (Å²) < 4.78 is 1.62. The number of rotatable bonds is 8. The van der Waals surface area contributed by atoms with E-state index in [9.17, 15) is 14.4 Å². The number of benzene rings is 3. The van der Waals surface area contributed by atoms with Crippen molar-refractivity contribution in [1.29, 1.82) is 0 Å². The standard InChI is InChI=1S/C32H33N3O3S/c1-21-13-15-26(22(2)17-21)29(36)20-39-32-34-28-18-24(30(37)33-25-11-7-4-8-12-25)14-16-27(28)31(38)35(32)19-23-9-5-3-6-10-23/h3,5-6,9-10,13-18,25H,4,7-8,11-12,19-20H2,1-2H3,(H,33,37). The van der Waals surface area contributed by atoms with Crippen molar-refractivity contribution in [3.8, 4) is 0 Å². The first-order valence-corrected chi connectivity index (χ1v) is 14.5. The molecule has 200 valence electrons. The number of thioether (sulfide) groups is 1. The van der Waals surface area contributed by atoms with Crippen LogP contribution in [0.25, 0.3) is 10.9 Å². The van der Waals surface area contributed by atoms with E-state index in [1.54, 1.807) is 22.8 Å². The number of amides is 1. The summed E-state index contributed by atoms with van der Waals surface area (Å²) in [6.07, 6.45) is 5.47. The van der Waals surface area contributed by atoms with Gasteiger partial charge in [-0.25, -0.2) is 4.98 Å². The molecule has 1 N–H and O–H groups in total. The van der Waals surface area contributed by atoms with Gasteiger partial charge in [0.1, 0.15) is 0 Å². The highest BCUT2D eigenvalue weighted by atomic mass is 32.2. The summed E-state index contributed by atoms with van der Waals surface area (Å²) in [7, 11) is 0. The first-order valence-electron chi connectivity index (χ1n) is 13.5. The third-order valence-corrected chi connectivity index (χ3v) is 8.30. The molecule has 0 unspecified atom stereocenters. The number of Topliss-reactive ketones (excluding diaryl/α,β-unsaturated/α-hetero) is 1. The van der Waals surface area contributed by atoms with Gasteiger partial charge in [-0.3, -0.25) is 19.0 Å². The highest BCUT2D eigenvalue weighted by Gasteiger charge is 2.19. The quantitative estimate of drug-likeness (QED) is 0.166. The van der Waals surface area contributed by atoms with Gasteiger partial charge in [0.2, 0.25) is 0 Å². The molecule has 6 nitrogen and oxygen atoms in total. The summed E-state index contributed by atoms with van der Waals surface area (Å²) in [6, 6.07) is 20.8. The molecule has 7 heteroatoms. The Morgan fingerprint density at radius 1 is 0.974 bits per heavy atom. The second-order valence-corrected chi connectivity index (χ2v) is 11.3. The smallest absolute Gasteiger partial charge is 0.262 e. The summed E-state index contributed by atoms with van der Waals surface area (Å²) in [5.41, 5.74) is 4.43. The van der Waals surface area contributed by atoms with Crippen LogP contribution in [0.5, 0.6) is 0 Å². The molecule has 1 amide bonds. The van der Waals surface area contributed by atoms with Crippen LogP contribution in [0.4, 0.5) is 0 Å². The highest BCUT2D eigenvalue weighted by molar-refractivity contribution is 7.99. The molecule has 0 bridgehead atoms. The lowest BCUT2D eigenvalue weighted by molar-refractivity contribution is 0.0927. The van der Waals surface area contributed by atoms with Crippen LogP contribution in [0.15, 0.2) is 76.7 Å². The van der Waals surface area contributed by atoms with Gasteiger partial charge in [-0.05, 0) is 56.0 Å². The average molecular weight is 540 g/mol. The molecule has 0 atom stereocenters. The Balaban J connectivity index is 1.47.